The molecule has 1 aromatic rings. The molecule has 0 aromatic carbocycles. The van der Waals surface area contributed by atoms with Crippen LogP contribution in [0.2, 0.25) is 0 Å². The van der Waals surface area contributed by atoms with Gasteiger partial charge in [0.05, 0.1) is 0 Å². The number of nitrogens with one attached hydrogen (secondary N) is 1. The largest absolute Gasteiger partial charge is 0.341 e. The lowest BCUT2D eigenvalue weighted by Crippen LogP contribution is -2.38. The molecule has 0 saturated carbocycles. The first-order valence-corrected chi connectivity index (χ1v) is 6.93. The summed E-state index contributed by atoms with van der Waals surface area (Å²) in [5.74, 6) is 0.253. The van der Waals surface area contributed by atoms with E-state index in [1.807, 2.05) is 17.2 Å². The van der Waals surface area contributed by atoms with Crippen molar-refractivity contribution >= 4 is 5.91 Å². The number of hydrogen-bond acceptors (Lipinski definition) is 2. The second-order valence-corrected chi connectivity index (χ2v) is 4.85. The maximum atomic E-state index is 12.2. The van der Waals surface area contributed by atoms with Gasteiger partial charge in [0.2, 0.25) is 5.91 Å². The molecule has 1 fully saturated rings. The molecule has 0 bridgehead atoms. The molecule has 100 valence electrons. The van der Waals surface area contributed by atoms with Gasteiger partial charge in [0.1, 0.15) is 6.54 Å². The van der Waals surface area contributed by atoms with Crippen LogP contribution < -0.4 is 5.32 Å². The zero-order chi connectivity index (χ0) is 12.8. The molecule has 18 heavy (non-hydrogen) atoms. The van der Waals surface area contributed by atoms with Crippen LogP contribution in [0.15, 0.2) is 18.3 Å². The minimum absolute atomic E-state index is 0.253. The molecule has 1 N–H and O–H groups in total. The molecule has 1 aliphatic heterocycles. The summed E-state index contributed by atoms with van der Waals surface area (Å²) >= 11 is 0. The van der Waals surface area contributed by atoms with Gasteiger partial charge in [-0.2, -0.15) is 0 Å². The van der Waals surface area contributed by atoms with Crippen molar-refractivity contribution in [1.82, 2.24) is 14.8 Å². The van der Waals surface area contributed by atoms with E-state index in [0.717, 1.165) is 39.0 Å². The van der Waals surface area contributed by atoms with Crippen molar-refractivity contribution in [3.8, 4) is 0 Å². The third kappa shape index (κ3) is 3.35. The molecule has 0 radical (unpaired) electrons. The van der Waals surface area contributed by atoms with Gasteiger partial charge < -0.3 is 14.8 Å². The quantitative estimate of drug-likeness (QED) is 0.861. The smallest absolute Gasteiger partial charge is 0.242 e. The Balaban J connectivity index is 1.91. The lowest BCUT2D eigenvalue weighted by molar-refractivity contribution is -0.132. The van der Waals surface area contributed by atoms with Gasteiger partial charge in [0.15, 0.2) is 0 Å². The van der Waals surface area contributed by atoms with E-state index in [9.17, 15) is 4.79 Å². The maximum absolute atomic E-state index is 12.2. The Kier molecular flexibility index (Phi) is 4.81. The van der Waals surface area contributed by atoms with Crippen molar-refractivity contribution in [2.75, 3.05) is 19.6 Å². The minimum Gasteiger partial charge on any atom is -0.341 e. The van der Waals surface area contributed by atoms with Crippen LogP contribution in [0.4, 0.5) is 0 Å². The van der Waals surface area contributed by atoms with Crippen LogP contribution in [0.5, 0.6) is 0 Å². The summed E-state index contributed by atoms with van der Waals surface area (Å²) < 4.78 is 2.06. The fourth-order valence-electron chi connectivity index (χ4n) is 2.41. The lowest BCUT2D eigenvalue weighted by Gasteiger charge is -2.27. The summed E-state index contributed by atoms with van der Waals surface area (Å²) in [6.07, 6.45) is 5.57. The lowest BCUT2D eigenvalue weighted by atomic mass is 10.1. The van der Waals surface area contributed by atoms with E-state index in [1.54, 1.807) is 0 Å². The Morgan fingerprint density at radius 1 is 1.33 bits per heavy atom. The first kappa shape index (κ1) is 13.1. The Labute approximate surface area is 109 Å². The topological polar surface area (TPSA) is 37.3 Å². The monoisotopic (exact) mass is 249 g/mol. The Bertz CT molecular complexity index is 380. The molecule has 1 saturated heterocycles. The van der Waals surface area contributed by atoms with E-state index in [0.29, 0.717) is 6.54 Å². The van der Waals surface area contributed by atoms with E-state index in [4.69, 9.17) is 0 Å². The molecule has 2 heterocycles. The number of piperidine rings is 1. The van der Waals surface area contributed by atoms with Gasteiger partial charge in [0, 0.05) is 31.5 Å². The molecular formula is C14H23N3O. The highest BCUT2D eigenvalue weighted by Crippen LogP contribution is 2.10. The molecule has 0 aliphatic carbocycles. The summed E-state index contributed by atoms with van der Waals surface area (Å²) in [4.78, 5) is 14.2. The normalized spacial score (nSPS) is 15.9. The van der Waals surface area contributed by atoms with Crippen LogP contribution in [0.1, 0.15) is 31.9 Å². The van der Waals surface area contributed by atoms with Crippen LogP contribution in [0, 0.1) is 0 Å². The van der Waals surface area contributed by atoms with Crippen LogP contribution >= 0.6 is 0 Å². The van der Waals surface area contributed by atoms with Crippen molar-refractivity contribution in [1.29, 1.82) is 0 Å². The number of amides is 1. The van der Waals surface area contributed by atoms with E-state index < -0.39 is 0 Å². The van der Waals surface area contributed by atoms with Crippen LogP contribution in [-0.2, 0) is 17.9 Å². The zero-order valence-corrected chi connectivity index (χ0v) is 11.2. The van der Waals surface area contributed by atoms with E-state index in [1.165, 1.54) is 12.1 Å². The van der Waals surface area contributed by atoms with Gasteiger partial charge in [-0.1, -0.05) is 6.92 Å². The third-order valence-corrected chi connectivity index (χ3v) is 3.49. The molecule has 1 amide bonds. The predicted octanol–water partition coefficient (Wildman–Crippen LogP) is 1.61. The minimum atomic E-state index is 0.253. The summed E-state index contributed by atoms with van der Waals surface area (Å²) in [5, 5.41) is 3.30. The Morgan fingerprint density at radius 3 is 2.83 bits per heavy atom. The number of hydrogen-bond donors (Lipinski definition) is 1. The average molecular weight is 249 g/mol. The summed E-state index contributed by atoms with van der Waals surface area (Å²) in [5.41, 5.74) is 1.18. The number of aromatic nitrogens is 1. The maximum Gasteiger partial charge on any atom is 0.242 e. The number of carbonyl (C=O) groups is 1. The van der Waals surface area contributed by atoms with Crippen molar-refractivity contribution < 1.29 is 4.79 Å². The standard InChI is InChI=1S/C14H23N3O/c1-2-15-11-13-7-6-10-17(13)12-14(18)16-8-4-3-5-9-16/h6-7,10,15H,2-5,8-9,11-12H2,1H3. The van der Waals surface area contributed by atoms with E-state index in [2.05, 4.69) is 22.9 Å². The molecule has 4 nitrogen and oxygen atoms in total. The van der Waals surface area contributed by atoms with Gasteiger partial charge in [0.25, 0.3) is 0 Å². The molecule has 4 heteroatoms. The number of nitrogens with zero attached hydrogens (tertiary/aromatic N) is 2. The van der Waals surface area contributed by atoms with Gasteiger partial charge in [-0.05, 0) is 37.9 Å². The van der Waals surface area contributed by atoms with Gasteiger partial charge in [-0.15, -0.1) is 0 Å². The van der Waals surface area contributed by atoms with E-state index in [-0.39, 0.29) is 5.91 Å². The molecule has 2 rings (SSSR count). The molecular weight excluding hydrogens is 226 g/mol. The summed E-state index contributed by atoms with van der Waals surface area (Å²) in [7, 11) is 0. The van der Waals surface area contributed by atoms with Gasteiger partial charge >= 0.3 is 0 Å². The molecule has 1 aromatic heterocycles. The van der Waals surface area contributed by atoms with Crippen LogP contribution in [0.25, 0.3) is 0 Å². The number of likely N-dealkylation sites (tertiary alicyclic amines) is 1. The molecule has 0 unspecified atom stereocenters. The fraction of sp³-hybridized carbons (Fsp3) is 0.643. The average Bonchev–Trinajstić information content (AvgIpc) is 2.84. The third-order valence-electron chi connectivity index (χ3n) is 3.49. The predicted molar refractivity (Wildman–Crippen MR) is 72.2 cm³/mol. The second-order valence-electron chi connectivity index (χ2n) is 4.85. The van der Waals surface area contributed by atoms with Gasteiger partial charge in [-0.25, -0.2) is 0 Å². The first-order chi connectivity index (χ1) is 8.81. The Hall–Kier alpha value is -1.29. The first-order valence-electron chi connectivity index (χ1n) is 6.93. The van der Waals surface area contributed by atoms with Crippen molar-refractivity contribution in [3.63, 3.8) is 0 Å². The van der Waals surface area contributed by atoms with Crippen molar-refractivity contribution in [2.24, 2.45) is 0 Å². The molecule has 0 spiro atoms. The highest BCUT2D eigenvalue weighted by Gasteiger charge is 2.17. The Morgan fingerprint density at radius 2 is 2.11 bits per heavy atom. The number of carbonyl (C=O) groups excluding carboxylic acids is 1. The SMILES string of the molecule is CCNCc1cccn1CC(=O)N1CCCCC1. The van der Waals surface area contributed by atoms with Crippen molar-refractivity contribution in [2.45, 2.75) is 39.3 Å². The highest BCUT2D eigenvalue weighted by molar-refractivity contribution is 5.76. The number of rotatable bonds is 5. The zero-order valence-electron chi connectivity index (χ0n) is 11.2. The summed E-state index contributed by atoms with van der Waals surface area (Å²) in [6.45, 7) is 6.22. The summed E-state index contributed by atoms with van der Waals surface area (Å²) in [6, 6.07) is 4.09. The van der Waals surface area contributed by atoms with Gasteiger partial charge in [-0.3, -0.25) is 4.79 Å². The fourth-order valence-corrected chi connectivity index (χ4v) is 2.41. The highest BCUT2D eigenvalue weighted by atomic mass is 16.2. The second kappa shape index (κ2) is 6.59. The van der Waals surface area contributed by atoms with Crippen LogP contribution in [0.3, 0.4) is 0 Å². The van der Waals surface area contributed by atoms with Crippen molar-refractivity contribution in [3.05, 3.63) is 24.0 Å². The molecule has 0 atom stereocenters. The molecule has 1 aliphatic rings. The van der Waals surface area contributed by atoms with E-state index >= 15 is 0 Å². The van der Waals surface area contributed by atoms with Crippen LogP contribution in [-0.4, -0.2) is 35.0 Å².